The number of aryl methyl sites for hydroxylation is 1. The molecule has 3 aromatic rings. The molecule has 1 aliphatic rings. The number of nitrogens with zero attached hydrogens (tertiary/aromatic N) is 1. The number of alkyl halides is 3. The Morgan fingerprint density at radius 2 is 1.74 bits per heavy atom. The van der Waals surface area contributed by atoms with Crippen molar-refractivity contribution in [3.8, 4) is 16.3 Å². The van der Waals surface area contributed by atoms with E-state index in [1.54, 1.807) is 0 Å². The van der Waals surface area contributed by atoms with E-state index in [9.17, 15) is 18.0 Å². The van der Waals surface area contributed by atoms with Gasteiger partial charge in [-0.1, -0.05) is 24.3 Å². The Morgan fingerprint density at radius 3 is 2.31 bits per heavy atom. The molecular formula is C25H24F3NO5S. The SMILES string of the molecule is COC(=O)[C@]1(C)OC[C@H](c2ccc(OCc3sc(-c4ccc(C(F)(F)F)cc4)nc3C)cc2)CO1. The third kappa shape index (κ3) is 5.66. The summed E-state index contributed by atoms with van der Waals surface area (Å²) < 4.78 is 60.2. The van der Waals surface area contributed by atoms with E-state index in [4.69, 9.17) is 18.9 Å². The summed E-state index contributed by atoms with van der Waals surface area (Å²) in [6, 6.07) is 12.5. The van der Waals surface area contributed by atoms with Gasteiger partial charge in [0.05, 0.1) is 36.5 Å². The number of aromatic nitrogens is 1. The largest absolute Gasteiger partial charge is 0.488 e. The van der Waals surface area contributed by atoms with Gasteiger partial charge in [-0.3, -0.25) is 0 Å². The van der Waals surface area contributed by atoms with Crippen molar-refractivity contribution < 1.29 is 36.9 Å². The highest BCUT2D eigenvalue weighted by molar-refractivity contribution is 7.15. The second-order valence-electron chi connectivity index (χ2n) is 8.22. The summed E-state index contributed by atoms with van der Waals surface area (Å²) in [5.41, 5.74) is 1.70. The maximum absolute atomic E-state index is 12.8. The first-order valence-corrected chi connectivity index (χ1v) is 11.6. The average Bonchev–Trinajstić information content (AvgIpc) is 3.23. The summed E-state index contributed by atoms with van der Waals surface area (Å²) in [5, 5.41) is 0.640. The molecule has 0 N–H and O–H groups in total. The summed E-state index contributed by atoms with van der Waals surface area (Å²) in [7, 11) is 1.29. The van der Waals surface area contributed by atoms with E-state index in [0.717, 1.165) is 28.3 Å². The number of carbonyl (C=O) groups is 1. The van der Waals surface area contributed by atoms with Crippen LogP contribution in [0, 0.1) is 6.92 Å². The minimum Gasteiger partial charge on any atom is -0.488 e. The van der Waals surface area contributed by atoms with Crippen LogP contribution in [0.3, 0.4) is 0 Å². The number of thiazole rings is 1. The zero-order chi connectivity index (χ0) is 25.2. The fourth-order valence-electron chi connectivity index (χ4n) is 3.58. The predicted octanol–water partition coefficient (Wildman–Crippen LogP) is 5.74. The summed E-state index contributed by atoms with van der Waals surface area (Å²) >= 11 is 1.39. The molecule has 0 spiro atoms. The van der Waals surface area contributed by atoms with Crippen molar-refractivity contribution >= 4 is 17.3 Å². The van der Waals surface area contributed by atoms with E-state index < -0.39 is 23.5 Å². The van der Waals surface area contributed by atoms with Crippen molar-refractivity contribution in [3.05, 3.63) is 70.2 Å². The number of rotatable bonds is 6. The van der Waals surface area contributed by atoms with Crippen LogP contribution < -0.4 is 4.74 Å². The number of hydrogen-bond acceptors (Lipinski definition) is 7. The Morgan fingerprint density at radius 1 is 1.11 bits per heavy atom. The second-order valence-corrected chi connectivity index (χ2v) is 9.30. The topological polar surface area (TPSA) is 66.9 Å². The second kappa shape index (κ2) is 9.96. The molecule has 0 amide bonds. The molecule has 0 bridgehead atoms. The van der Waals surface area contributed by atoms with Crippen LogP contribution in [-0.4, -0.2) is 37.1 Å². The predicted molar refractivity (Wildman–Crippen MR) is 123 cm³/mol. The van der Waals surface area contributed by atoms with Crippen LogP contribution in [0.5, 0.6) is 5.75 Å². The maximum Gasteiger partial charge on any atom is 0.416 e. The fraction of sp³-hybridized carbons (Fsp3) is 0.360. The number of esters is 1. The highest BCUT2D eigenvalue weighted by atomic mass is 32.1. The van der Waals surface area contributed by atoms with Crippen molar-refractivity contribution in [2.45, 2.75) is 38.3 Å². The van der Waals surface area contributed by atoms with Crippen LogP contribution in [0.1, 0.15) is 34.5 Å². The van der Waals surface area contributed by atoms with E-state index in [1.807, 2.05) is 31.2 Å². The van der Waals surface area contributed by atoms with Crippen LogP contribution in [0.4, 0.5) is 13.2 Å². The van der Waals surface area contributed by atoms with Gasteiger partial charge in [0.2, 0.25) is 0 Å². The first-order chi connectivity index (χ1) is 16.6. The normalized spacial score (nSPS) is 20.5. The van der Waals surface area contributed by atoms with Gasteiger partial charge in [0.1, 0.15) is 17.4 Å². The number of methoxy groups -OCH3 is 1. The lowest BCUT2D eigenvalue weighted by Crippen LogP contribution is -2.47. The number of halogens is 3. The van der Waals surface area contributed by atoms with Gasteiger partial charge in [0, 0.05) is 18.4 Å². The lowest BCUT2D eigenvalue weighted by Gasteiger charge is -2.35. The van der Waals surface area contributed by atoms with Gasteiger partial charge in [-0.05, 0) is 36.8 Å². The number of ether oxygens (including phenoxy) is 4. The lowest BCUT2D eigenvalue weighted by atomic mass is 9.99. The molecule has 10 heteroatoms. The lowest BCUT2D eigenvalue weighted by molar-refractivity contribution is -0.264. The molecule has 2 heterocycles. The Labute approximate surface area is 204 Å². The third-order valence-corrected chi connectivity index (χ3v) is 6.93. The van der Waals surface area contributed by atoms with E-state index in [0.29, 0.717) is 29.5 Å². The Kier molecular flexibility index (Phi) is 7.16. The summed E-state index contributed by atoms with van der Waals surface area (Å²) in [4.78, 5) is 17.2. The molecule has 2 aromatic carbocycles. The van der Waals surface area contributed by atoms with Gasteiger partial charge in [0.25, 0.3) is 5.79 Å². The summed E-state index contributed by atoms with van der Waals surface area (Å²) in [6.45, 7) is 4.31. The van der Waals surface area contributed by atoms with Gasteiger partial charge < -0.3 is 18.9 Å². The fourth-order valence-corrected chi connectivity index (χ4v) is 4.56. The molecule has 35 heavy (non-hydrogen) atoms. The van der Waals surface area contributed by atoms with Crippen molar-refractivity contribution in [2.75, 3.05) is 20.3 Å². The van der Waals surface area contributed by atoms with Gasteiger partial charge in [0.15, 0.2) is 0 Å². The monoisotopic (exact) mass is 507 g/mol. The molecule has 1 aromatic heterocycles. The smallest absolute Gasteiger partial charge is 0.416 e. The molecule has 1 saturated heterocycles. The molecule has 0 atom stereocenters. The van der Waals surface area contributed by atoms with Gasteiger partial charge in [-0.25, -0.2) is 9.78 Å². The van der Waals surface area contributed by atoms with Crippen molar-refractivity contribution in [3.63, 3.8) is 0 Å². The molecule has 0 radical (unpaired) electrons. The van der Waals surface area contributed by atoms with Gasteiger partial charge in [-0.15, -0.1) is 11.3 Å². The van der Waals surface area contributed by atoms with Crippen molar-refractivity contribution in [2.24, 2.45) is 0 Å². The number of carbonyl (C=O) groups excluding carboxylic acids is 1. The Balaban J connectivity index is 1.35. The molecule has 0 saturated carbocycles. The third-order valence-electron chi connectivity index (χ3n) is 5.75. The summed E-state index contributed by atoms with van der Waals surface area (Å²) in [5.74, 6) is -1.33. The highest BCUT2D eigenvalue weighted by Gasteiger charge is 2.41. The average molecular weight is 508 g/mol. The number of benzene rings is 2. The van der Waals surface area contributed by atoms with Crippen LogP contribution in [0.2, 0.25) is 0 Å². The molecule has 6 nitrogen and oxygen atoms in total. The molecule has 0 aliphatic carbocycles. The minimum atomic E-state index is -4.37. The molecular weight excluding hydrogens is 483 g/mol. The first kappa shape index (κ1) is 25.2. The Hall–Kier alpha value is -2.95. The first-order valence-electron chi connectivity index (χ1n) is 10.8. The molecule has 186 valence electrons. The zero-order valence-corrected chi connectivity index (χ0v) is 20.2. The zero-order valence-electron chi connectivity index (χ0n) is 19.3. The highest BCUT2D eigenvalue weighted by Crippen LogP contribution is 2.34. The molecule has 1 aliphatic heterocycles. The van der Waals surface area contributed by atoms with Crippen LogP contribution in [0.25, 0.3) is 10.6 Å². The molecule has 4 rings (SSSR count). The van der Waals surface area contributed by atoms with Gasteiger partial charge in [-0.2, -0.15) is 13.2 Å². The standard InChI is InChI=1S/C25H24F3NO5S/c1-15-21(35-22(29-15)17-4-8-19(9-5-17)25(26,27)28)14-32-20-10-6-16(7-11-20)18-12-33-24(2,34-13-18)23(30)31-3/h4-11,18H,12-14H2,1-3H3/t18-,24+. The van der Waals surface area contributed by atoms with Crippen LogP contribution >= 0.6 is 11.3 Å². The van der Waals surface area contributed by atoms with E-state index in [2.05, 4.69) is 4.98 Å². The van der Waals surface area contributed by atoms with E-state index >= 15 is 0 Å². The molecule has 1 fully saturated rings. The number of hydrogen-bond donors (Lipinski definition) is 0. The van der Waals surface area contributed by atoms with Crippen LogP contribution in [0.15, 0.2) is 48.5 Å². The Bertz CT molecular complexity index is 1170. The quantitative estimate of drug-likeness (QED) is 0.397. The molecule has 0 unspecified atom stereocenters. The van der Waals surface area contributed by atoms with Crippen molar-refractivity contribution in [1.29, 1.82) is 0 Å². The van der Waals surface area contributed by atoms with E-state index in [1.165, 1.54) is 37.5 Å². The maximum atomic E-state index is 12.8. The van der Waals surface area contributed by atoms with Gasteiger partial charge >= 0.3 is 12.1 Å². The van der Waals surface area contributed by atoms with Crippen molar-refractivity contribution in [1.82, 2.24) is 4.98 Å². The minimum absolute atomic E-state index is 0.0307. The van der Waals surface area contributed by atoms with E-state index in [-0.39, 0.29) is 12.5 Å². The van der Waals surface area contributed by atoms with Crippen LogP contribution in [-0.2, 0) is 31.8 Å². The summed E-state index contributed by atoms with van der Waals surface area (Å²) in [6.07, 6.45) is -4.37.